The van der Waals surface area contributed by atoms with E-state index in [1.807, 2.05) is 6.92 Å². The normalized spacial score (nSPS) is 13.7. The zero-order valence-electron chi connectivity index (χ0n) is 8.37. The number of carbonyl (C=O) groups excluding carboxylic acids is 2. The number of nitrogens with one attached hydrogen (secondary N) is 1. The molecule has 0 aliphatic carbocycles. The monoisotopic (exact) mass is 205 g/mol. The molecule has 1 aromatic carbocycles. The van der Waals surface area contributed by atoms with Gasteiger partial charge in [-0.15, -0.1) is 0 Å². The lowest BCUT2D eigenvalue weighted by atomic mass is 10.1. The average Bonchev–Trinajstić information content (AvgIpc) is 2.53. The Bertz CT molecular complexity index is 426. The predicted molar refractivity (Wildman–Crippen MR) is 54.0 cm³/mol. The molecule has 2 amide bonds. The molecule has 1 N–H and O–H groups in total. The fraction of sp³-hybridized carbons (Fsp3) is 0.273. The van der Waals surface area contributed by atoms with Crippen LogP contribution in [0.1, 0.15) is 34.1 Å². The van der Waals surface area contributed by atoms with Crippen LogP contribution in [0, 0.1) is 0 Å². The summed E-state index contributed by atoms with van der Waals surface area (Å²) in [5.41, 5.74) is 0.754. The topological polar surface area (TPSA) is 55.4 Å². The summed E-state index contributed by atoms with van der Waals surface area (Å²) in [5, 5.41) is 2.24. The van der Waals surface area contributed by atoms with Crippen molar-refractivity contribution in [1.82, 2.24) is 5.32 Å². The minimum Gasteiger partial charge on any atom is -0.493 e. The highest BCUT2D eigenvalue weighted by atomic mass is 16.5. The van der Waals surface area contributed by atoms with E-state index in [0.29, 0.717) is 23.5 Å². The summed E-state index contributed by atoms with van der Waals surface area (Å²) in [6.45, 7) is 2.52. The van der Waals surface area contributed by atoms with E-state index in [1.54, 1.807) is 18.2 Å². The van der Waals surface area contributed by atoms with Crippen molar-refractivity contribution in [3.05, 3.63) is 29.3 Å². The average molecular weight is 205 g/mol. The molecule has 4 heteroatoms. The van der Waals surface area contributed by atoms with Crippen molar-refractivity contribution >= 4 is 11.8 Å². The second-order valence-corrected chi connectivity index (χ2v) is 3.31. The molecule has 1 aliphatic rings. The van der Waals surface area contributed by atoms with Crippen LogP contribution in [-0.4, -0.2) is 18.4 Å². The van der Waals surface area contributed by atoms with Gasteiger partial charge < -0.3 is 4.74 Å². The van der Waals surface area contributed by atoms with Gasteiger partial charge in [0.15, 0.2) is 0 Å². The number of hydrogen-bond donors (Lipinski definition) is 1. The number of fused-ring (bicyclic) bond motifs is 1. The minimum absolute atomic E-state index is 0.350. The van der Waals surface area contributed by atoms with E-state index in [4.69, 9.17) is 4.74 Å². The van der Waals surface area contributed by atoms with Crippen LogP contribution in [-0.2, 0) is 0 Å². The van der Waals surface area contributed by atoms with E-state index in [9.17, 15) is 9.59 Å². The molecule has 78 valence electrons. The van der Waals surface area contributed by atoms with Crippen molar-refractivity contribution in [2.24, 2.45) is 0 Å². The summed E-state index contributed by atoms with van der Waals surface area (Å²) in [6, 6.07) is 5.03. The van der Waals surface area contributed by atoms with Crippen LogP contribution in [0.3, 0.4) is 0 Å². The van der Waals surface area contributed by atoms with Crippen LogP contribution in [0.5, 0.6) is 5.75 Å². The lowest BCUT2D eigenvalue weighted by molar-refractivity contribution is 0.0878. The fourth-order valence-electron chi connectivity index (χ4n) is 1.52. The summed E-state index contributed by atoms with van der Waals surface area (Å²) in [7, 11) is 0. The SMILES string of the molecule is CCCOc1cccc2c1C(=O)NC2=O. The molecule has 1 aliphatic heterocycles. The standard InChI is InChI=1S/C11H11NO3/c1-2-6-15-8-5-3-4-7-9(8)11(14)12-10(7)13/h3-5H,2,6H2,1H3,(H,12,13,14). The molecular weight excluding hydrogens is 194 g/mol. The first-order valence-electron chi connectivity index (χ1n) is 4.85. The van der Waals surface area contributed by atoms with E-state index in [-0.39, 0.29) is 11.8 Å². The van der Waals surface area contributed by atoms with Crippen LogP contribution >= 0.6 is 0 Å². The van der Waals surface area contributed by atoms with E-state index >= 15 is 0 Å². The van der Waals surface area contributed by atoms with Gasteiger partial charge in [0, 0.05) is 0 Å². The summed E-state index contributed by atoms with van der Waals surface area (Å²) in [6.07, 6.45) is 0.860. The molecule has 15 heavy (non-hydrogen) atoms. The number of carbonyl (C=O) groups is 2. The highest BCUT2D eigenvalue weighted by Gasteiger charge is 2.29. The van der Waals surface area contributed by atoms with Gasteiger partial charge in [-0.1, -0.05) is 13.0 Å². The fourth-order valence-corrected chi connectivity index (χ4v) is 1.52. The van der Waals surface area contributed by atoms with E-state index in [0.717, 1.165) is 6.42 Å². The predicted octanol–water partition coefficient (Wildman–Crippen LogP) is 1.36. The van der Waals surface area contributed by atoms with Gasteiger partial charge in [-0.25, -0.2) is 0 Å². The number of ether oxygens (including phenoxy) is 1. The first-order valence-corrected chi connectivity index (χ1v) is 4.85. The number of benzene rings is 1. The smallest absolute Gasteiger partial charge is 0.262 e. The maximum atomic E-state index is 11.4. The van der Waals surface area contributed by atoms with E-state index in [1.165, 1.54) is 0 Å². The maximum absolute atomic E-state index is 11.4. The molecule has 1 aromatic rings. The molecule has 0 saturated heterocycles. The van der Waals surface area contributed by atoms with Gasteiger partial charge >= 0.3 is 0 Å². The van der Waals surface area contributed by atoms with Crippen molar-refractivity contribution in [3.63, 3.8) is 0 Å². The van der Waals surface area contributed by atoms with Crippen molar-refractivity contribution in [2.75, 3.05) is 6.61 Å². The van der Waals surface area contributed by atoms with Gasteiger partial charge in [-0.3, -0.25) is 14.9 Å². The van der Waals surface area contributed by atoms with Crippen LogP contribution < -0.4 is 10.1 Å². The highest BCUT2D eigenvalue weighted by molar-refractivity contribution is 6.22. The molecule has 0 fully saturated rings. The Morgan fingerprint density at radius 2 is 2.07 bits per heavy atom. The Balaban J connectivity index is 2.41. The molecule has 1 heterocycles. The molecule has 2 rings (SSSR count). The Hall–Kier alpha value is -1.84. The highest BCUT2D eigenvalue weighted by Crippen LogP contribution is 2.26. The summed E-state index contributed by atoms with van der Waals surface area (Å²) in [4.78, 5) is 22.8. The summed E-state index contributed by atoms with van der Waals surface area (Å²) < 4.78 is 5.40. The molecule has 0 radical (unpaired) electrons. The Morgan fingerprint density at radius 1 is 1.27 bits per heavy atom. The minimum atomic E-state index is -0.373. The quantitative estimate of drug-likeness (QED) is 0.758. The Kier molecular flexibility index (Phi) is 2.41. The molecule has 0 spiro atoms. The number of amides is 2. The lowest BCUT2D eigenvalue weighted by Crippen LogP contribution is -2.20. The zero-order chi connectivity index (χ0) is 10.8. The molecule has 4 nitrogen and oxygen atoms in total. The number of rotatable bonds is 3. The molecule has 0 unspecified atom stereocenters. The second kappa shape index (κ2) is 3.73. The third-order valence-electron chi connectivity index (χ3n) is 2.19. The van der Waals surface area contributed by atoms with Gasteiger partial charge in [0.05, 0.1) is 17.7 Å². The van der Waals surface area contributed by atoms with Gasteiger partial charge in [0.25, 0.3) is 11.8 Å². The Labute approximate surface area is 87.2 Å². The van der Waals surface area contributed by atoms with Crippen LogP contribution in [0.25, 0.3) is 0 Å². The van der Waals surface area contributed by atoms with Crippen molar-refractivity contribution < 1.29 is 14.3 Å². The van der Waals surface area contributed by atoms with Crippen LogP contribution in [0.15, 0.2) is 18.2 Å². The zero-order valence-corrected chi connectivity index (χ0v) is 8.37. The number of imide groups is 1. The largest absolute Gasteiger partial charge is 0.493 e. The summed E-state index contributed by atoms with van der Waals surface area (Å²) >= 11 is 0. The third kappa shape index (κ3) is 1.58. The molecule has 0 bridgehead atoms. The number of hydrogen-bond acceptors (Lipinski definition) is 3. The van der Waals surface area contributed by atoms with Crippen LogP contribution in [0.2, 0.25) is 0 Å². The first-order chi connectivity index (χ1) is 7.24. The van der Waals surface area contributed by atoms with Gasteiger partial charge in [0.2, 0.25) is 0 Å². The van der Waals surface area contributed by atoms with Gasteiger partial charge in [-0.2, -0.15) is 0 Å². The van der Waals surface area contributed by atoms with Crippen LogP contribution in [0.4, 0.5) is 0 Å². The van der Waals surface area contributed by atoms with Gasteiger partial charge in [0.1, 0.15) is 5.75 Å². The second-order valence-electron chi connectivity index (χ2n) is 3.31. The van der Waals surface area contributed by atoms with Crippen molar-refractivity contribution in [3.8, 4) is 5.75 Å². The maximum Gasteiger partial charge on any atom is 0.262 e. The van der Waals surface area contributed by atoms with Crippen molar-refractivity contribution in [1.29, 1.82) is 0 Å². The first kappa shape index (κ1) is 9.71. The Morgan fingerprint density at radius 3 is 2.80 bits per heavy atom. The van der Waals surface area contributed by atoms with Crippen molar-refractivity contribution in [2.45, 2.75) is 13.3 Å². The third-order valence-corrected chi connectivity index (χ3v) is 2.19. The lowest BCUT2D eigenvalue weighted by Gasteiger charge is -2.06. The molecular formula is C11H11NO3. The molecule has 0 atom stereocenters. The molecule has 0 aromatic heterocycles. The van der Waals surface area contributed by atoms with E-state index < -0.39 is 0 Å². The molecule has 0 saturated carbocycles. The van der Waals surface area contributed by atoms with E-state index in [2.05, 4.69) is 5.32 Å². The summed E-state index contributed by atoms with van der Waals surface area (Å²) in [5.74, 6) is -0.239. The van der Waals surface area contributed by atoms with Gasteiger partial charge in [-0.05, 0) is 18.6 Å².